The van der Waals surface area contributed by atoms with Crippen LogP contribution in [0.1, 0.15) is 19.8 Å². The summed E-state index contributed by atoms with van der Waals surface area (Å²) in [5.74, 6) is 0.702. The second-order valence-corrected chi connectivity index (χ2v) is 4.04. The quantitative estimate of drug-likeness (QED) is 0.620. The lowest BCUT2D eigenvalue weighted by Gasteiger charge is -2.29. The summed E-state index contributed by atoms with van der Waals surface area (Å²) in [6.45, 7) is 8.59. The van der Waals surface area contributed by atoms with Gasteiger partial charge in [0, 0.05) is 0 Å². The minimum atomic E-state index is 0.702. The van der Waals surface area contributed by atoms with Gasteiger partial charge in [-0.3, -0.25) is 0 Å². The summed E-state index contributed by atoms with van der Waals surface area (Å²) >= 11 is 0. The van der Waals surface area contributed by atoms with Gasteiger partial charge in [0.2, 0.25) is 0 Å². The Morgan fingerprint density at radius 3 is 2.50 bits per heavy atom. The lowest BCUT2D eigenvalue weighted by atomic mass is 9.90. The number of allylic oxidation sites excluding steroid dienone is 5. The molecule has 0 aromatic heterocycles. The third-order valence-corrected chi connectivity index (χ3v) is 2.86. The van der Waals surface area contributed by atoms with Crippen LogP contribution in [0.2, 0.25) is 0 Å². The topological polar surface area (TPSA) is 3.24 Å². The van der Waals surface area contributed by atoms with Gasteiger partial charge in [0.1, 0.15) is 0 Å². The van der Waals surface area contributed by atoms with E-state index >= 15 is 0 Å². The minimum absolute atomic E-state index is 0.702. The molecule has 0 saturated carbocycles. The maximum Gasteiger partial charge on any atom is -0.00160 e. The monoisotopic (exact) mass is 191 g/mol. The number of likely N-dealkylation sites (tertiary alicyclic amines) is 1. The first-order chi connectivity index (χ1) is 6.74. The third kappa shape index (κ3) is 3.51. The first kappa shape index (κ1) is 11.3. The zero-order valence-electron chi connectivity index (χ0n) is 9.37. The molecule has 0 bridgehead atoms. The van der Waals surface area contributed by atoms with Gasteiger partial charge in [-0.05, 0) is 45.8 Å². The molecular weight excluding hydrogens is 170 g/mol. The van der Waals surface area contributed by atoms with E-state index in [9.17, 15) is 0 Å². The molecule has 1 heteroatoms. The largest absolute Gasteiger partial charge is 0.306 e. The highest BCUT2D eigenvalue weighted by Gasteiger charge is 2.17. The van der Waals surface area contributed by atoms with Crippen LogP contribution < -0.4 is 0 Å². The zero-order chi connectivity index (χ0) is 10.4. The van der Waals surface area contributed by atoms with Crippen molar-refractivity contribution in [3.8, 4) is 0 Å². The van der Waals surface area contributed by atoms with Crippen molar-refractivity contribution >= 4 is 0 Å². The molecule has 78 valence electrons. The number of hydrogen-bond donors (Lipinski definition) is 0. The summed E-state index contributed by atoms with van der Waals surface area (Å²) in [5, 5.41) is 0. The maximum atomic E-state index is 4.14. The zero-order valence-corrected chi connectivity index (χ0v) is 9.37. The fraction of sp³-hybridized carbons (Fsp3) is 0.538. The number of piperidine rings is 1. The molecule has 0 aromatic carbocycles. The molecule has 1 saturated heterocycles. The predicted octanol–water partition coefficient (Wildman–Crippen LogP) is 3.02. The van der Waals surface area contributed by atoms with E-state index in [2.05, 4.69) is 36.8 Å². The summed E-state index contributed by atoms with van der Waals surface area (Å²) in [6, 6.07) is 0. The number of hydrogen-bond acceptors (Lipinski definition) is 1. The van der Waals surface area contributed by atoms with E-state index in [1.54, 1.807) is 0 Å². The average Bonchev–Trinajstić information content (AvgIpc) is 2.19. The van der Waals surface area contributed by atoms with Gasteiger partial charge in [-0.1, -0.05) is 36.5 Å². The van der Waals surface area contributed by atoms with Gasteiger partial charge in [-0.2, -0.15) is 0 Å². The number of nitrogens with zero attached hydrogens (tertiary/aromatic N) is 1. The molecule has 14 heavy (non-hydrogen) atoms. The van der Waals surface area contributed by atoms with E-state index in [1.807, 2.05) is 13.0 Å². The van der Waals surface area contributed by atoms with Gasteiger partial charge in [-0.15, -0.1) is 0 Å². The van der Waals surface area contributed by atoms with Crippen molar-refractivity contribution in [1.29, 1.82) is 0 Å². The van der Waals surface area contributed by atoms with Crippen molar-refractivity contribution in [2.75, 3.05) is 20.1 Å². The predicted molar refractivity (Wildman–Crippen MR) is 63.3 cm³/mol. The summed E-state index contributed by atoms with van der Waals surface area (Å²) in [5.41, 5.74) is 1.29. The SMILES string of the molecule is C=C(/C=C\C=C/C)C1CCN(C)CC1. The van der Waals surface area contributed by atoms with Crippen LogP contribution in [0.5, 0.6) is 0 Å². The van der Waals surface area contributed by atoms with Crippen LogP contribution in [-0.2, 0) is 0 Å². The summed E-state index contributed by atoms with van der Waals surface area (Å²) in [6.07, 6.45) is 10.8. The fourth-order valence-corrected chi connectivity index (χ4v) is 1.81. The minimum Gasteiger partial charge on any atom is -0.306 e. The molecule has 1 fully saturated rings. The molecule has 1 aliphatic heterocycles. The van der Waals surface area contributed by atoms with Crippen LogP contribution in [0.15, 0.2) is 36.5 Å². The Labute approximate surface area is 87.8 Å². The van der Waals surface area contributed by atoms with Gasteiger partial charge in [0.15, 0.2) is 0 Å². The van der Waals surface area contributed by atoms with E-state index in [4.69, 9.17) is 0 Å². The second kappa shape index (κ2) is 5.82. The van der Waals surface area contributed by atoms with Crippen LogP contribution in [0.4, 0.5) is 0 Å². The lowest BCUT2D eigenvalue weighted by Crippen LogP contribution is -2.30. The summed E-state index contributed by atoms with van der Waals surface area (Å²) < 4.78 is 0. The summed E-state index contributed by atoms with van der Waals surface area (Å²) in [4.78, 5) is 2.39. The van der Waals surface area contributed by atoms with Gasteiger partial charge < -0.3 is 4.90 Å². The molecular formula is C13H21N. The lowest BCUT2D eigenvalue weighted by molar-refractivity contribution is 0.240. The Morgan fingerprint density at radius 1 is 1.29 bits per heavy atom. The number of rotatable bonds is 3. The highest BCUT2D eigenvalue weighted by Crippen LogP contribution is 2.23. The molecule has 1 nitrogen and oxygen atoms in total. The van der Waals surface area contributed by atoms with Crippen LogP contribution in [0.3, 0.4) is 0 Å². The van der Waals surface area contributed by atoms with Crippen LogP contribution in [0, 0.1) is 5.92 Å². The van der Waals surface area contributed by atoms with E-state index in [0.717, 1.165) is 0 Å². The molecule has 0 aromatic rings. The van der Waals surface area contributed by atoms with Crippen LogP contribution >= 0.6 is 0 Å². The Kier molecular flexibility index (Phi) is 4.68. The molecule has 0 atom stereocenters. The van der Waals surface area contributed by atoms with Crippen molar-refractivity contribution in [2.45, 2.75) is 19.8 Å². The first-order valence-electron chi connectivity index (χ1n) is 5.40. The molecule has 0 spiro atoms. The second-order valence-electron chi connectivity index (χ2n) is 4.04. The Hall–Kier alpha value is -0.820. The summed E-state index contributed by atoms with van der Waals surface area (Å²) in [7, 11) is 2.19. The van der Waals surface area contributed by atoms with E-state index < -0.39 is 0 Å². The van der Waals surface area contributed by atoms with Crippen molar-refractivity contribution in [1.82, 2.24) is 4.90 Å². The van der Waals surface area contributed by atoms with Crippen LogP contribution in [-0.4, -0.2) is 25.0 Å². The molecule has 0 unspecified atom stereocenters. The van der Waals surface area contributed by atoms with Crippen molar-refractivity contribution in [3.63, 3.8) is 0 Å². The third-order valence-electron chi connectivity index (χ3n) is 2.86. The van der Waals surface area contributed by atoms with Gasteiger partial charge in [0.25, 0.3) is 0 Å². The standard InChI is InChI=1S/C13H21N/c1-4-5-6-7-12(2)13-8-10-14(3)11-9-13/h4-7,13H,2,8-11H2,1,3H3/b5-4-,7-6-. The van der Waals surface area contributed by atoms with Crippen molar-refractivity contribution < 1.29 is 0 Å². The molecule has 0 radical (unpaired) electrons. The Morgan fingerprint density at radius 2 is 1.93 bits per heavy atom. The molecule has 0 amide bonds. The molecule has 1 aliphatic rings. The average molecular weight is 191 g/mol. The van der Waals surface area contributed by atoms with E-state index in [0.29, 0.717) is 5.92 Å². The maximum absolute atomic E-state index is 4.14. The fourth-order valence-electron chi connectivity index (χ4n) is 1.81. The molecule has 0 aliphatic carbocycles. The highest BCUT2D eigenvalue weighted by molar-refractivity contribution is 5.22. The van der Waals surface area contributed by atoms with Crippen molar-refractivity contribution in [3.05, 3.63) is 36.5 Å². The molecule has 0 N–H and O–H groups in total. The Bertz CT molecular complexity index is 230. The highest BCUT2D eigenvalue weighted by atomic mass is 15.1. The van der Waals surface area contributed by atoms with Crippen molar-refractivity contribution in [2.24, 2.45) is 5.92 Å². The van der Waals surface area contributed by atoms with E-state index in [-0.39, 0.29) is 0 Å². The molecule has 1 rings (SSSR count). The van der Waals surface area contributed by atoms with Gasteiger partial charge >= 0.3 is 0 Å². The van der Waals surface area contributed by atoms with Gasteiger partial charge in [-0.25, -0.2) is 0 Å². The van der Waals surface area contributed by atoms with Crippen LogP contribution in [0.25, 0.3) is 0 Å². The Balaban J connectivity index is 2.38. The first-order valence-corrected chi connectivity index (χ1v) is 5.40. The molecule has 1 heterocycles. The normalized spacial score (nSPS) is 21.0. The smallest absolute Gasteiger partial charge is 0.00160 e. The van der Waals surface area contributed by atoms with Gasteiger partial charge in [0.05, 0.1) is 0 Å². The van der Waals surface area contributed by atoms with E-state index in [1.165, 1.54) is 31.5 Å².